The van der Waals surface area contributed by atoms with Crippen molar-refractivity contribution >= 4 is 11.8 Å². The van der Waals surface area contributed by atoms with Crippen molar-refractivity contribution in [1.82, 2.24) is 4.68 Å². The van der Waals surface area contributed by atoms with Crippen molar-refractivity contribution in [3.05, 3.63) is 63.4 Å². The summed E-state index contributed by atoms with van der Waals surface area (Å²) < 4.78 is 0.694. The maximum Gasteiger partial charge on any atom is 0.280 e. The van der Waals surface area contributed by atoms with Gasteiger partial charge in [0.15, 0.2) is 0 Å². The lowest BCUT2D eigenvalue weighted by Gasteiger charge is -2.23. The van der Waals surface area contributed by atoms with Gasteiger partial charge in [0.2, 0.25) is 11.8 Å². The number of nitrogens with zero attached hydrogens (tertiary/aromatic N) is 2. The first-order valence-corrected chi connectivity index (χ1v) is 6.67. The average Bonchev–Trinajstić information content (AvgIpc) is 2.49. The summed E-state index contributed by atoms with van der Waals surface area (Å²) in [6.07, 6.45) is 0. The van der Waals surface area contributed by atoms with Gasteiger partial charge in [0, 0.05) is 24.1 Å². The van der Waals surface area contributed by atoms with E-state index in [1.807, 2.05) is 0 Å². The maximum atomic E-state index is 12.5. The van der Waals surface area contributed by atoms with E-state index in [1.54, 1.807) is 32.0 Å². The summed E-state index contributed by atoms with van der Waals surface area (Å²) in [6.45, 7) is 4.42. The quantitative estimate of drug-likeness (QED) is 0.911. The predicted octanol–water partition coefficient (Wildman–Crippen LogP) is 1.50. The maximum absolute atomic E-state index is 12.5. The minimum atomic E-state index is -0.686. The van der Waals surface area contributed by atoms with Crippen molar-refractivity contribution in [3.63, 3.8) is 0 Å². The summed E-state index contributed by atoms with van der Waals surface area (Å²) >= 11 is 0. The van der Waals surface area contributed by atoms with Crippen LogP contribution in [-0.4, -0.2) is 21.6 Å². The average molecular weight is 300 g/mol. The van der Waals surface area contributed by atoms with Gasteiger partial charge >= 0.3 is 0 Å². The Balaban J connectivity index is 2.65. The lowest BCUT2D eigenvalue weighted by molar-refractivity contribution is -0.117. The Morgan fingerprint density at radius 3 is 2.27 bits per heavy atom. The Morgan fingerprint density at radius 1 is 1.14 bits per heavy atom. The molecule has 0 radical (unpaired) electrons. The van der Waals surface area contributed by atoms with Crippen LogP contribution >= 0.6 is 0 Å². The number of hydrogen-bond donors (Lipinski definition) is 1. The number of aromatic nitrogens is 1. The van der Waals surface area contributed by atoms with Crippen molar-refractivity contribution in [2.45, 2.75) is 20.8 Å². The molecule has 0 spiro atoms. The molecule has 6 nitrogen and oxygen atoms in total. The van der Waals surface area contributed by atoms with Crippen LogP contribution in [0.1, 0.15) is 28.4 Å². The summed E-state index contributed by atoms with van der Waals surface area (Å²) in [7, 11) is 0. The molecule has 0 saturated carbocycles. The topological polar surface area (TPSA) is 79.6 Å². The molecule has 0 unspecified atom stereocenters. The summed E-state index contributed by atoms with van der Waals surface area (Å²) in [4.78, 5) is 36.6. The Hall–Kier alpha value is -2.89. The fraction of sp³-hybridized carbons (Fsp3) is 0.188. The van der Waals surface area contributed by atoms with Gasteiger partial charge in [-0.15, -0.1) is 0 Å². The van der Waals surface area contributed by atoms with E-state index in [-0.39, 0.29) is 5.56 Å². The summed E-state index contributed by atoms with van der Waals surface area (Å²) in [5, 5.41) is 10.8. The van der Waals surface area contributed by atoms with Crippen molar-refractivity contribution in [2.75, 3.05) is 5.01 Å². The van der Waals surface area contributed by atoms with Gasteiger partial charge in [-0.25, -0.2) is 0 Å². The fourth-order valence-corrected chi connectivity index (χ4v) is 2.07. The largest absolute Gasteiger partial charge is 0.493 e. The van der Waals surface area contributed by atoms with E-state index in [4.69, 9.17) is 0 Å². The van der Waals surface area contributed by atoms with Crippen molar-refractivity contribution in [2.24, 2.45) is 0 Å². The molecule has 0 aliphatic heterocycles. The number of pyridine rings is 1. The minimum absolute atomic E-state index is 0.238. The van der Waals surface area contributed by atoms with E-state index in [9.17, 15) is 19.5 Å². The lowest BCUT2D eigenvalue weighted by atomic mass is 10.2. The zero-order valence-electron chi connectivity index (χ0n) is 12.5. The Kier molecular flexibility index (Phi) is 4.12. The summed E-state index contributed by atoms with van der Waals surface area (Å²) in [5.41, 5.74) is 0.587. The van der Waals surface area contributed by atoms with Gasteiger partial charge in [-0.1, -0.05) is 18.2 Å². The molecule has 2 aromatic rings. The molecule has 1 aromatic carbocycles. The van der Waals surface area contributed by atoms with E-state index in [0.29, 0.717) is 20.8 Å². The molecule has 2 rings (SSSR count). The van der Waals surface area contributed by atoms with Crippen molar-refractivity contribution < 1.29 is 14.7 Å². The Morgan fingerprint density at radius 2 is 1.73 bits per heavy atom. The van der Waals surface area contributed by atoms with Crippen molar-refractivity contribution in [1.29, 1.82) is 0 Å². The highest BCUT2D eigenvalue weighted by molar-refractivity contribution is 6.15. The molecule has 0 saturated heterocycles. The monoisotopic (exact) mass is 300 g/mol. The van der Waals surface area contributed by atoms with Crippen LogP contribution in [0.5, 0.6) is 5.88 Å². The second kappa shape index (κ2) is 5.85. The predicted molar refractivity (Wildman–Crippen MR) is 81.5 cm³/mol. The Bertz CT molecular complexity index is 794. The number of aromatic hydroxyl groups is 1. The highest BCUT2D eigenvalue weighted by Gasteiger charge is 2.26. The molecule has 2 amide bonds. The number of benzene rings is 1. The molecular formula is C16H16N2O4. The standard InChI is InChI=1S/C16H16N2O4/c1-10-9-14(20)18(15(21)11(10)2)17(12(3)19)16(22)13-7-5-4-6-8-13/h4-9,21H,1-3H3. The molecule has 1 N–H and O–H groups in total. The lowest BCUT2D eigenvalue weighted by Crippen LogP contribution is -2.49. The first-order chi connectivity index (χ1) is 10.3. The first-order valence-electron chi connectivity index (χ1n) is 6.67. The van der Waals surface area contributed by atoms with Crippen LogP contribution in [0.3, 0.4) is 0 Å². The van der Waals surface area contributed by atoms with Gasteiger partial charge in [-0.3, -0.25) is 14.4 Å². The van der Waals surface area contributed by atoms with Gasteiger partial charge in [0.25, 0.3) is 11.5 Å². The summed E-state index contributed by atoms with van der Waals surface area (Å²) in [6, 6.07) is 9.35. The molecule has 0 fully saturated rings. The number of hydrogen-bond acceptors (Lipinski definition) is 4. The fourth-order valence-electron chi connectivity index (χ4n) is 2.07. The molecule has 1 aromatic heterocycles. The highest BCUT2D eigenvalue weighted by Crippen LogP contribution is 2.18. The van der Waals surface area contributed by atoms with Gasteiger partial charge in [-0.05, 0) is 31.5 Å². The third-order valence-electron chi connectivity index (χ3n) is 3.39. The minimum Gasteiger partial charge on any atom is -0.493 e. The van der Waals surface area contributed by atoms with Gasteiger partial charge in [0.05, 0.1) is 0 Å². The number of aryl methyl sites for hydroxylation is 1. The Labute approximate surface area is 127 Å². The molecule has 0 aliphatic carbocycles. The van der Waals surface area contributed by atoms with Gasteiger partial charge < -0.3 is 5.11 Å². The first kappa shape index (κ1) is 15.5. The van der Waals surface area contributed by atoms with Gasteiger partial charge in [0.1, 0.15) is 0 Å². The molecule has 0 aliphatic rings. The van der Waals surface area contributed by atoms with Gasteiger partial charge in [-0.2, -0.15) is 9.69 Å². The van der Waals surface area contributed by atoms with Crippen LogP contribution in [0.2, 0.25) is 0 Å². The summed E-state index contributed by atoms with van der Waals surface area (Å²) in [5.74, 6) is -1.78. The SMILES string of the molecule is CC(=O)N(C(=O)c1ccccc1)n1c(O)c(C)c(C)cc1=O. The number of rotatable bonds is 2. The second-order valence-corrected chi connectivity index (χ2v) is 4.93. The third kappa shape index (κ3) is 2.63. The van der Waals surface area contributed by atoms with Crippen LogP contribution in [0, 0.1) is 13.8 Å². The van der Waals surface area contributed by atoms with Crippen molar-refractivity contribution in [3.8, 4) is 5.88 Å². The highest BCUT2D eigenvalue weighted by atomic mass is 16.3. The molecule has 114 valence electrons. The van der Waals surface area contributed by atoms with E-state index in [1.165, 1.54) is 18.2 Å². The molecular weight excluding hydrogens is 284 g/mol. The van der Waals surface area contributed by atoms with E-state index in [2.05, 4.69) is 0 Å². The molecule has 0 atom stereocenters. The van der Waals surface area contributed by atoms with E-state index >= 15 is 0 Å². The van der Waals surface area contributed by atoms with Crippen LogP contribution in [-0.2, 0) is 4.79 Å². The molecule has 1 heterocycles. The molecule has 22 heavy (non-hydrogen) atoms. The molecule has 6 heteroatoms. The van der Waals surface area contributed by atoms with Crippen LogP contribution in [0.15, 0.2) is 41.2 Å². The van der Waals surface area contributed by atoms with E-state index in [0.717, 1.165) is 6.92 Å². The number of carbonyl (C=O) groups excluding carboxylic acids is 2. The third-order valence-corrected chi connectivity index (χ3v) is 3.39. The zero-order chi connectivity index (χ0) is 16.4. The molecule has 0 bridgehead atoms. The second-order valence-electron chi connectivity index (χ2n) is 4.93. The van der Waals surface area contributed by atoms with Crippen LogP contribution < -0.4 is 10.6 Å². The number of imide groups is 1. The smallest absolute Gasteiger partial charge is 0.280 e. The van der Waals surface area contributed by atoms with Crippen LogP contribution in [0.25, 0.3) is 0 Å². The van der Waals surface area contributed by atoms with Crippen LogP contribution in [0.4, 0.5) is 0 Å². The van der Waals surface area contributed by atoms with E-state index < -0.39 is 23.3 Å². The normalized spacial score (nSPS) is 10.3. The zero-order valence-corrected chi connectivity index (χ0v) is 12.5. The number of amides is 2. The number of carbonyl (C=O) groups is 2.